The van der Waals surface area contributed by atoms with Gasteiger partial charge in [0.1, 0.15) is 16.6 Å². The molecule has 0 aliphatic heterocycles. The van der Waals surface area contributed by atoms with Crippen molar-refractivity contribution < 1.29 is 4.74 Å². The number of hydrogen-bond donors (Lipinski definition) is 0. The molecule has 2 rings (SSSR count). The van der Waals surface area contributed by atoms with Crippen LogP contribution in [0.25, 0.3) is 11.3 Å². The normalized spacial score (nSPS) is 10.6. The van der Waals surface area contributed by atoms with Gasteiger partial charge in [-0.3, -0.25) is 4.68 Å². The van der Waals surface area contributed by atoms with E-state index in [1.165, 1.54) is 0 Å². The van der Waals surface area contributed by atoms with Crippen molar-refractivity contribution in [1.82, 2.24) is 9.78 Å². The summed E-state index contributed by atoms with van der Waals surface area (Å²) in [6.07, 6.45) is 0. The predicted octanol–water partition coefficient (Wildman–Crippen LogP) is 3.37. The number of para-hydroxylation sites is 1. The Labute approximate surface area is 106 Å². The zero-order valence-corrected chi connectivity index (χ0v) is 11.2. The molecule has 0 bridgehead atoms. The van der Waals surface area contributed by atoms with Gasteiger partial charge in [0, 0.05) is 18.2 Å². The Morgan fingerprint density at radius 3 is 2.53 bits per heavy atom. The first-order chi connectivity index (χ1) is 8.06. The van der Waals surface area contributed by atoms with Crippen LogP contribution in [0.15, 0.2) is 18.2 Å². The molecule has 0 fully saturated rings. The lowest BCUT2D eigenvalue weighted by atomic mass is 10.0. The van der Waals surface area contributed by atoms with Crippen LogP contribution >= 0.6 is 11.6 Å². The molecular formula is C13H15ClN2O. The maximum absolute atomic E-state index is 6.14. The number of aromatic nitrogens is 2. The van der Waals surface area contributed by atoms with Gasteiger partial charge in [0.25, 0.3) is 0 Å². The van der Waals surface area contributed by atoms with Crippen molar-refractivity contribution in [3.05, 3.63) is 34.5 Å². The van der Waals surface area contributed by atoms with Gasteiger partial charge < -0.3 is 4.74 Å². The number of ether oxygens (including phenoxy) is 1. The molecule has 0 unspecified atom stereocenters. The fourth-order valence-corrected chi connectivity index (χ4v) is 2.10. The molecule has 1 aromatic carbocycles. The van der Waals surface area contributed by atoms with E-state index in [1.54, 1.807) is 11.8 Å². The summed E-state index contributed by atoms with van der Waals surface area (Å²) < 4.78 is 7.12. The summed E-state index contributed by atoms with van der Waals surface area (Å²) in [6, 6.07) is 6.01. The highest BCUT2D eigenvalue weighted by Crippen LogP contribution is 2.35. The van der Waals surface area contributed by atoms with Crippen molar-refractivity contribution in [2.45, 2.75) is 13.8 Å². The minimum Gasteiger partial charge on any atom is -0.496 e. The topological polar surface area (TPSA) is 27.1 Å². The van der Waals surface area contributed by atoms with Crippen LogP contribution in [-0.4, -0.2) is 16.9 Å². The smallest absolute Gasteiger partial charge is 0.131 e. The van der Waals surface area contributed by atoms with Crippen molar-refractivity contribution in [1.29, 1.82) is 0 Å². The van der Waals surface area contributed by atoms with Gasteiger partial charge in [-0.05, 0) is 25.5 Å². The van der Waals surface area contributed by atoms with Gasteiger partial charge >= 0.3 is 0 Å². The monoisotopic (exact) mass is 250 g/mol. The number of nitrogens with zero attached hydrogens (tertiary/aromatic N) is 2. The van der Waals surface area contributed by atoms with Crippen LogP contribution < -0.4 is 4.74 Å². The van der Waals surface area contributed by atoms with Crippen LogP contribution in [0.4, 0.5) is 0 Å². The highest BCUT2D eigenvalue weighted by Gasteiger charge is 2.16. The zero-order chi connectivity index (χ0) is 12.6. The van der Waals surface area contributed by atoms with Crippen molar-refractivity contribution in [2.75, 3.05) is 7.11 Å². The lowest BCUT2D eigenvalue weighted by molar-refractivity contribution is 0.413. The van der Waals surface area contributed by atoms with Crippen LogP contribution in [0, 0.1) is 13.8 Å². The minimum absolute atomic E-state index is 0.656. The Bertz CT molecular complexity index is 561. The lowest BCUT2D eigenvalue weighted by Crippen LogP contribution is -1.93. The highest BCUT2D eigenvalue weighted by molar-refractivity contribution is 6.30. The predicted molar refractivity (Wildman–Crippen MR) is 69.7 cm³/mol. The zero-order valence-electron chi connectivity index (χ0n) is 10.4. The third-order valence-corrected chi connectivity index (χ3v) is 3.40. The van der Waals surface area contributed by atoms with Gasteiger partial charge in [-0.2, -0.15) is 5.10 Å². The summed E-state index contributed by atoms with van der Waals surface area (Å²) in [5, 5.41) is 5.09. The Morgan fingerprint density at radius 2 is 2.00 bits per heavy atom. The first-order valence-corrected chi connectivity index (χ1v) is 5.77. The average molecular weight is 251 g/mol. The van der Waals surface area contributed by atoms with Crippen LogP contribution in [0.1, 0.15) is 11.1 Å². The second-order valence-electron chi connectivity index (χ2n) is 4.04. The van der Waals surface area contributed by atoms with E-state index in [9.17, 15) is 0 Å². The van der Waals surface area contributed by atoms with E-state index in [-0.39, 0.29) is 0 Å². The van der Waals surface area contributed by atoms with E-state index in [4.69, 9.17) is 16.3 Å². The van der Waals surface area contributed by atoms with E-state index in [0.29, 0.717) is 5.15 Å². The van der Waals surface area contributed by atoms with Crippen LogP contribution in [0.3, 0.4) is 0 Å². The molecule has 0 aliphatic carbocycles. The van der Waals surface area contributed by atoms with Gasteiger partial charge in [-0.25, -0.2) is 0 Å². The molecule has 1 heterocycles. The molecule has 4 heteroatoms. The van der Waals surface area contributed by atoms with Crippen molar-refractivity contribution in [3.63, 3.8) is 0 Å². The van der Waals surface area contributed by atoms with Gasteiger partial charge in [0.2, 0.25) is 0 Å². The molecule has 0 saturated carbocycles. The van der Waals surface area contributed by atoms with Gasteiger partial charge in [0.05, 0.1) is 7.11 Å². The molecule has 0 N–H and O–H groups in total. The van der Waals surface area contributed by atoms with E-state index >= 15 is 0 Å². The summed E-state index contributed by atoms with van der Waals surface area (Å²) in [4.78, 5) is 0. The second-order valence-corrected chi connectivity index (χ2v) is 4.40. The minimum atomic E-state index is 0.656. The largest absolute Gasteiger partial charge is 0.496 e. The molecule has 0 spiro atoms. The lowest BCUT2D eigenvalue weighted by Gasteiger charge is -2.09. The first-order valence-electron chi connectivity index (χ1n) is 5.39. The standard InChI is InChI=1S/C13H15ClN2O/c1-8-6-5-7-10(12(8)17-4)11-9(2)13(14)16(3)15-11/h5-7H,1-4H3. The van der Waals surface area contributed by atoms with Gasteiger partial charge in [-0.1, -0.05) is 23.7 Å². The quantitative estimate of drug-likeness (QED) is 0.817. The maximum Gasteiger partial charge on any atom is 0.131 e. The summed E-state index contributed by atoms with van der Waals surface area (Å²) in [5.41, 5.74) is 3.91. The third-order valence-electron chi connectivity index (χ3n) is 2.87. The van der Waals surface area contributed by atoms with Crippen LogP contribution in [-0.2, 0) is 7.05 Å². The summed E-state index contributed by atoms with van der Waals surface area (Å²) in [5.74, 6) is 0.852. The second kappa shape index (κ2) is 4.41. The molecular weight excluding hydrogens is 236 g/mol. The molecule has 0 atom stereocenters. The highest BCUT2D eigenvalue weighted by atomic mass is 35.5. The van der Waals surface area contributed by atoms with Crippen LogP contribution in [0.2, 0.25) is 5.15 Å². The molecule has 3 nitrogen and oxygen atoms in total. The SMILES string of the molecule is COc1c(C)cccc1-c1nn(C)c(Cl)c1C. The Hall–Kier alpha value is -1.48. The van der Waals surface area contributed by atoms with E-state index in [0.717, 1.165) is 28.1 Å². The van der Waals surface area contributed by atoms with Gasteiger partial charge in [0.15, 0.2) is 0 Å². The van der Waals surface area contributed by atoms with E-state index in [2.05, 4.69) is 5.10 Å². The third kappa shape index (κ3) is 1.91. The average Bonchev–Trinajstić information content (AvgIpc) is 2.56. The van der Waals surface area contributed by atoms with Gasteiger partial charge in [-0.15, -0.1) is 0 Å². The number of benzene rings is 1. The Morgan fingerprint density at radius 1 is 1.29 bits per heavy atom. The van der Waals surface area contributed by atoms with Crippen molar-refractivity contribution in [3.8, 4) is 17.0 Å². The molecule has 0 aliphatic rings. The van der Waals surface area contributed by atoms with E-state index < -0.39 is 0 Å². The molecule has 17 heavy (non-hydrogen) atoms. The molecule has 0 amide bonds. The Kier molecular flexibility index (Phi) is 3.11. The van der Waals surface area contributed by atoms with E-state index in [1.807, 2.05) is 39.1 Å². The van der Waals surface area contributed by atoms with Crippen molar-refractivity contribution >= 4 is 11.6 Å². The number of halogens is 1. The number of hydrogen-bond acceptors (Lipinski definition) is 2. The fraction of sp³-hybridized carbons (Fsp3) is 0.308. The number of rotatable bonds is 2. The van der Waals surface area contributed by atoms with Crippen LogP contribution in [0.5, 0.6) is 5.75 Å². The molecule has 90 valence electrons. The van der Waals surface area contributed by atoms with Crippen molar-refractivity contribution in [2.24, 2.45) is 7.05 Å². The summed E-state index contributed by atoms with van der Waals surface area (Å²) >= 11 is 6.14. The molecule has 2 aromatic rings. The summed E-state index contributed by atoms with van der Waals surface area (Å²) in [6.45, 7) is 3.98. The molecule has 0 radical (unpaired) electrons. The Balaban J connectivity index is 2.68. The molecule has 0 saturated heterocycles. The fourth-order valence-electron chi connectivity index (χ4n) is 1.98. The first kappa shape index (κ1) is 12.0. The summed E-state index contributed by atoms with van der Waals surface area (Å²) in [7, 11) is 3.51. The maximum atomic E-state index is 6.14. The number of aryl methyl sites for hydroxylation is 2. The number of methoxy groups -OCH3 is 1. The molecule has 1 aromatic heterocycles.